The Morgan fingerprint density at radius 3 is 2.20 bits per heavy atom. The maximum absolute atomic E-state index is 9.93. The Labute approximate surface area is 119 Å². The molecule has 3 N–H and O–H groups in total. The summed E-state index contributed by atoms with van der Waals surface area (Å²) in [7, 11) is 0. The standard InChI is InChI=1S/C17H21NO2/c1-12-7-16(17(20)8-13(12)2)10-18-9-14-5-3-4-6-15(14)11-19/h3-8,18-20H,9-11H2,1-2H3. The van der Waals surface area contributed by atoms with Gasteiger partial charge < -0.3 is 15.5 Å². The molecule has 3 heteroatoms. The quantitative estimate of drug-likeness (QED) is 0.784. The van der Waals surface area contributed by atoms with Crippen molar-refractivity contribution in [3.05, 3.63) is 64.2 Å². The highest BCUT2D eigenvalue weighted by molar-refractivity contribution is 5.40. The fourth-order valence-corrected chi connectivity index (χ4v) is 2.22. The van der Waals surface area contributed by atoms with Gasteiger partial charge in [-0.1, -0.05) is 30.3 Å². The minimum absolute atomic E-state index is 0.0484. The maximum atomic E-state index is 9.93. The summed E-state index contributed by atoms with van der Waals surface area (Å²) in [4.78, 5) is 0. The van der Waals surface area contributed by atoms with Crippen molar-refractivity contribution in [1.82, 2.24) is 5.32 Å². The van der Waals surface area contributed by atoms with Gasteiger partial charge in [0.15, 0.2) is 0 Å². The first kappa shape index (κ1) is 14.6. The second kappa shape index (κ2) is 6.55. The molecule has 3 nitrogen and oxygen atoms in total. The van der Waals surface area contributed by atoms with Gasteiger partial charge in [-0.25, -0.2) is 0 Å². The van der Waals surface area contributed by atoms with Crippen LogP contribution in [-0.2, 0) is 19.7 Å². The molecule has 0 saturated carbocycles. The van der Waals surface area contributed by atoms with E-state index >= 15 is 0 Å². The Hall–Kier alpha value is -1.84. The summed E-state index contributed by atoms with van der Waals surface area (Å²) in [5, 5.41) is 22.5. The molecular weight excluding hydrogens is 250 g/mol. The molecule has 0 aliphatic rings. The number of phenolic OH excluding ortho intramolecular Hbond substituents is 1. The van der Waals surface area contributed by atoms with Crippen molar-refractivity contribution in [3.8, 4) is 5.75 Å². The maximum Gasteiger partial charge on any atom is 0.120 e. The lowest BCUT2D eigenvalue weighted by Crippen LogP contribution is -2.14. The summed E-state index contributed by atoms with van der Waals surface area (Å²) in [6.07, 6.45) is 0. The zero-order valence-corrected chi connectivity index (χ0v) is 12.0. The number of aryl methyl sites for hydroxylation is 2. The molecule has 0 fully saturated rings. The van der Waals surface area contributed by atoms with Gasteiger partial charge in [0.05, 0.1) is 6.61 Å². The molecule has 0 heterocycles. The minimum Gasteiger partial charge on any atom is -0.508 e. The van der Waals surface area contributed by atoms with Crippen LogP contribution in [0, 0.1) is 13.8 Å². The van der Waals surface area contributed by atoms with E-state index in [1.165, 1.54) is 5.56 Å². The third-order valence-electron chi connectivity index (χ3n) is 3.61. The van der Waals surface area contributed by atoms with Crippen molar-refractivity contribution < 1.29 is 10.2 Å². The van der Waals surface area contributed by atoms with E-state index in [9.17, 15) is 10.2 Å². The van der Waals surface area contributed by atoms with E-state index in [-0.39, 0.29) is 6.61 Å². The van der Waals surface area contributed by atoms with Crippen molar-refractivity contribution in [2.24, 2.45) is 0 Å². The van der Waals surface area contributed by atoms with E-state index in [1.807, 2.05) is 44.2 Å². The summed E-state index contributed by atoms with van der Waals surface area (Å²) >= 11 is 0. The van der Waals surface area contributed by atoms with Gasteiger partial charge >= 0.3 is 0 Å². The molecule has 2 aromatic carbocycles. The summed E-state index contributed by atoms with van der Waals surface area (Å²) in [5.74, 6) is 0.330. The van der Waals surface area contributed by atoms with Crippen molar-refractivity contribution >= 4 is 0 Å². The van der Waals surface area contributed by atoms with Crippen LogP contribution in [-0.4, -0.2) is 10.2 Å². The second-order valence-electron chi connectivity index (χ2n) is 5.10. The molecule has 106 valence electrons. The Morgan fingerprint density at radius 2 is 1.50 bits per heavy atom. The van der Waals surface area contributed by atoms with Crippen LogP contribution in [0.25, 0.3) is 0 Å². The number of rotatable bonds is 5. The molecule has 0 unspecified atom stereocenters. The number of benzene rings is 2. The van der Waals surface area contributed by atoms with Gasteiger partial charge in [-0.15, -0.1) is 0 Å². The number of aliphatic hydroxyl groups is 1. The molecule has 0 aliphatic carbocycles. The minimum atomic E-state index is 0.0484. The number of nitrogens with one attached hydrogen (secondary N) is 1. The van der Waals surface area contributed by atoms with E-state index in [1.54, 1.807) is 6.07 Å². The predicted molar refractivity (Wildman–Crippen MR) is 80.5 cm³/mol. The first-order valence-electron chi connectivity index (χ1n) is 6.79. The van der Waals surface area contributed by atoms with Gasteiger partial charge in [0.2, 0.25) is 0 Å². The molecule has 20 heavy (non-hydrogen) atoms. The van der Waals surface area contributed by atoms with Crippen molar-refractivity contribution in [3.63, 3.8) is 0 Å². The number of phenols is 1. The van der Waals surface area contributed by atoms with Gasteiger partial charge in [-0.2, -0.15) is 0 Å². The molecular formula is C17H21NO2. The van der Waals surface area contributed by atoms with Crippen LogP contribution in [0.15, 0.2) is 36.4 Å². The first-order chi connectivity index (χ1) is 9.61. The zero-order valence-electron chi connectivity index (χ0n) is 12.0. The highest BCUT2D eigenvalue weighted by Crippen LogP contribution is 2.21. The lowest BCUT2D eigenvalue weighted by molar-refractivity contribution is 0.280. The highest BCUT2D eigenvalue weighted by atomic mass is 16.3. The summed E-state index contributed by atoms with van der Waals surface area (Å²) < 4.78 is 0. The Morgan fingerprint density at radius 1 is 0.900 bits per heavy atom. The molecule has 2 rings (SSSR count). The van der Waals surface area contributed by atoms with Gasteiger partial charge in [0.25, 0.3) is 0 Å². The van der Waals surface area contributed by atoms with E-state index < -0.39 is 0 Å². The Bertz CT molecular complexity index is 594. The third kappa shape index (κ3) is 3.38. The first-order valence-corrected chi connectivity index (χ1v) is 6.79. The monoisotopic (exact) mass is 271 g/mol. The third-order valence-corrected chi connectivity index (χ3v) is 3.61. The van der Waals surface area contributed by atoms with Gasteiger partial charge in [0.1, 0.15) is 5.75 Å². The lowest BCUT2D eigenvalue weighted by atomic mass is 10.0. The van der Waals surface area contributed by atoms with Crippen molar-refractivity contribution in [2.75, 3.05) is 0 Å². The summed E-state index contributed by atoms with van der Waals surface area (Å²) in [5.41, 5.74) is 5.18. The fraction of sp³-hybridized carbons (Fsp3) is 0.294. The predicted octanol–water partition coefficient (Wildman–Crippen LogP) is 2.79. The van der Waals surface area contributed by atoms with Crippen LogP contribution in [0.3, 0.4) is 0 Å². The van der Waals surface area contributed by atoms with Crippen LogP contribution < -0.4 is 5.32 Å². The van der Waals surface area contributed by atoms with Gasteiger partial charge in [-0.3, -0.25) is 0 Å². The highest BCUT2D eigenvalue weighted by Gasteiger charge is 2.05. The smallest absolute Gasteiger partial charge is 0.120 e. The van der Waals surface area contributed by atoms with Crippen molar-refractivity contribution in [2.45, 2.75) is 33.5 Å². The topological polar surface area (TPSA) is 52.5 Å². The normalized spacial score (nSPS) is 10.8. The molecule has 0 aromatic heterocycles. The number of aliphatic hydroxyl groups excluding tert-OH is 1. The molecule has 0 saturated heterocycles. The molecule has 0 bridgehead atoms. The molecule has 0 spiro atoms. The van der Waals surface area contributed by atoms with Crippen LogP contribution in [0.1, 0.15) is 27.8 Å². The van der Waals surface area contributed by atoms with Gasteiger partial charge in [-0.05, 0) is 42.2 Å². The van der Waals surface area contributed by atoms with E-state index in [0.717, 1.165) is 22.3 Å². The largest absolute Gasteiger partial charge is 0.508 e. The molecule has 0 atom stereocenters. The fourth-order valence-electron chi connectivity index (χ4n) is 2.22. The lowest BCUT2D eigenvalue weighted by Gasteiger charge is -2.11. The SMILES string of the molecule is Cc1cc(O)c(CNCc2ccccc2CO)cc1C. The number of hydrogen-bond donors (Lipinski definition) is 3. The molecule has 0 amide bonds. The summed E-state index contributed by atoms with van der Waals surface area (Å²) in [6.45, 7) is 5.35. The van der Waals surface area contributed by atoms with E-state index in [2.05, 4.69) is 5.32 Å². The second-order valence-corrected chi connectivity index (χ2v) is 5.10. The number of aromatic hydroxyl groups is 1. The average molecular weight is 271 g/mol. The Balaban J connectivity index is 2.01. The van der Waals surface area contributed by atoms with Crippen molar-refractivity contribution in [1.29, 1.82) is 0 Å². The van der Waals surface area contributed by atoms with Crippen LogP contribution in [0.2, 0.25) is 0 Å². The van der Waals surface area contributed by atoms with Crippen LogP contribution in [0.4, 0.5) is 0 Å². The number of hydrogen-bond acceptors (Lipinski definition) is 3. The van der Waals surface area contributed by atoms with Crippen LogP contribution >= 0.6 is 0 Å². The van der Waals surface area contributed by atoms with Crippen LogP contribution in [0.5, 0.6) is 5.75 Å². The molecule has 2 aromatic rings. The average Bonchev–Trinajstić information content (AvgIpc) is 2.45. The van der Waals surface area contributed by atoms with E-state index in [4.69, 9.17) is 0 Å². The molecule has 0 radical (unpaired) electrons. The summed E-state index contributed by atoms with van der Waals surface area (Å²) in [6, 6.07) is 11.6. The van der Waals surface area contributed by atoms with Gasteiger partial charge in [0, 0.05) is 18.7 Å². The zero-order chi connectivity index (χ0) is 14.5. The molecule has 0 aliphatic heterocycles. The Kier molecular flexibility index (Phi) is 4.77. The van der Waals surface area contributed by atoms with E-state index in [0.29, 0.717) is 18.8 Å².